The van der Waals surface area contributed by atoms with Gasteiger partial charge in [0.1, 0.15) is 11.5 Å². The molecule has 184 valence electrons. The number of fused-ring (bicyclic) bond motifs is 5. The van der Waals surface area contributed by atoms with Gasteiger partial charge in [-0.3, -0.25) is 10.1 Å². The van der Waals surface area contributed by atoms with E-state index in [9.17, 15) is 22.4 Å². The van der Waals surface area contributed by atoms with Crippen LogP contribution in [-0.2, 0) is 19.9 Å². The van der Waals surface area contributed by atoms with Crippen LogP contribution < -0.4 is 11.1 Å². The maximum atomic E-state index is 14.5. The van der Waals surface area contributed by atoms with Crippen LogP contribution in [0.15, 0.2) is 18.2 Å². The fraction of sp³-hybridized carbons (Fsp3) is 0.526. The van der Waals surface area contributed by atoms with Crippen LogP contribution in [0.2, 0.25) is 5.02 Å². The molecule has 15 heteroatoms. The van der Waals surface area contributed by atoms with Gasteiger partial charge in [-0.15, -0.1) is 5.10 Å². The second-order valence-electron chi connectivity index (χ2n) is 8.29. The van der Waals surface area contributed by atoms with Crippen molar-refractivity contribution in [3.63, 3.8) is 0 Å². The Bertz CT molecular complexity index is 1110. The minimum Gasteiger partial charge on any atom is -0.475 e. The standard InChI is InChI=1S/C17H18ClFN6O2.C2HF3O2/c18-8-1-2-11(10(19)5-8)25-16(22-23-24-25)17(21-7-14(20)26)6-9-12-3-4-13(27-12)15(9)17;3-2(4,5)1(6)7/h1-2,5,9,12-13,15,21H,3-4,6-7H2,(H2,20,26);(H,6,7)/t9-,12-,13+,15-,17?;/m0./s1. The number of primary amides is 1. The van der Waals surface area contributed by atoms with Crippen molar-refractivity contribution in [3.8, 4) is 5.69 Å². The number of nitrogens with zero attached hydrogens (tertiary/aromatic N) is 4. The lowest BCUT2D eigenvalue weighted by Crippen LogP contribution is -2.65. The Morgan fingerprint density at radius 1 is 1.32 bits per heavy atom. The van der Waals surface area contributed by atoms with Crippen molar-refractivity contribution in [1.82, 2.24) is 25.5 Å². The first-order valence-corrected chi connectivity index (χ1v) is 10.5. The number of carbonyl (C=O) groups is 2. The molecular weight excluding hydrogens is 488 g/mol. The summed E-state index contributed by atoms with van der Waals surface area (Å²) in [6, 6.07) is 4.34. The van der Waals surface area contributed by atoms with Gasteiger partial charge in [-0.2, -0.15) is 17.9 Å². The van der Waals surface area contributed by atoms with Gasteiger partial charge in [-0.1, -0.05) is 11.6 Å². The molecule has 5 rings (SSSR count). The van der Waals surface area contributed by atoms with Crippen molar-refractivity contribution in [1.29, 1.82) is 0 Å². The molecule has 0 radical (unpaired) electrons. The fourth-order valence-corrected chi connectivity index (χ4v) is 5.26. The molecule has 3 aliphatic rings. The molecule has 3 heterocycles. The molecule has 34 heavy (non-hydrogen) atoms. The van der Waals surface area contributed by atoms with Crippen LogP contribution in [0.25, 0.3) is 5.69 Å². The number of carboxylic acid groups (broad SMARTS) is 1. The van der Waals surface area contributed by atoms with Crippen LogP contribution in [0, 0.1) is 17.7 Å². The quantitative estimate of drug-likeness (QED) is 0.518. The number of hydrogen-bond donors (Lipinski definition) is 3. The number of nitrogens with one attached hydrogen (secondary N) is 1. The van der Waals surface area contributed by atoms with Crippen molar-refractivity contribution in [2.75, 3.05) is 6.54 Å². The molecule has 2 aromatic rings. The van der Waals surface area contributed by atoms with Gasteiger partial charge in [0.2, 0.25) is 5.91 Å². The number of benzene rings is 1. The molecule has 1 aromatic carbocycles. The summed E-state index contributed by atoms with van der Waals surface area (Å²) in [5.41, 5.74) is 4.88. The van der Waals surface area contributed by atoms with Crippen LogP contribution in [0.3, 0.4) is 0 Å². The zero-order chi connectivity index (χ0) is 24.8. The number of aromatic nitrogens is 4. The van der Waals surface area contributed by atoms with E-state index in [1.54, 1.807) is 6.07 Å². The number of carboxylic acids is 1. The highest BCUT2D eigenvalue weighted by molar-refractivity contribution is 6.30. The average Bonchev–Trinajstić information content (AvgIpc) is 3.43. The summed E-state index contributed by atoms with van der Waals surface area (Å²) >= 11 is 5.87. The van der Waals surface area contributed by atoms with Gasteiger partial charge in [-0.05, 0) is 53.8 Å². The van der Waals surface area contributed by atoms with Gasteiger partial charge in [0.25, 0.3) is 0 Å². The number of amides is 1. The summed E-state index contributed by atoms with van der Waals surface area (Å²) in [4.78, 5) is 20.3. The van der Waals surface area contributed by atoms with Gasteiger partial charge >= 0.3 is 12.1 Å². The summed E-state index contributed by atoms with van der Waals surface area (Å²) in [6.45, 7) is -0.0173. The third-order valence-corrected chi connectivity index (χ3v) is 6.61. The first-order valence-electron chi connectivity index (χ1n) is 10.2. The fourth-order valence-electron chi connectivity index (χ4n) is 5.10. The Hall–Kier alpha value is -2.84. The van der Waals surface area contributed by atoms with E-state index in [1.807, 2.05) is 0 Å². The lowest BCUT2D eigenvalue weighted by Gasteiger charge is -2.54. The zero-order valence-corrected chi connectivity index (χ0v) is 18.1. The van der Waals surface area contributed by atoms with Crippen LogP contribution in [0.4, 0.5) is 17.6 Å². The van der Waals surface area contributed by atoms with Crippen LogP contribution >= 0.6 is 11.6 Å². The zero-order valence-electron chi connectivity index (χ0n) is 17.3. The van der Waals surface area contributed by atoms with Crippen molar-refractivity contribution in [3.05, 3.63) is 34.9 Å². The highest BCUT2D eigenvalue weighted by Crippen LogP contribution is 2.62. The van der Waals surface area contributed by atoms with Crippen molar-refractivity contribution < 1.29 is 37.0 Å². The summed E-state index contributed by atoms with van der Waals surface area (Å²) in [5, 5.41) is 22.7. The predicted molar refractivity (Wildman–Crippen MR) is 106 cm³/mol. The largest absolute Gasteiger partial charge is 0.490 e. The molecule has 5 atom stereocenters. The Labute approximate surface area is 194 Å². The normalized spacial score (nSPS) is 29.1. The molecule has 3 fully saturated rings. The van der Waals surface area contributed by atoms with Gasteiger partial charge in [-0.25, -0.2) is 9.18 Å². The van der Waals surface area contributed by atoms with Gasteiger partial charge in [0, 0.05) is 10.9 Å². The smallest absolute Gasteiger partial charge is 0.475 e. The van der Waals surface area contributed by atoms with Crippen molar-refractivity contribution in [2.24, 2.45) is 17.6 Å². The van der Waals surface area contributed by atoms with E-state index in [-0.39, 0.29) is 35.4 Å². The molecule has 2 aliphatic heterocycles. The van der Waals surface area contributed by atoms with E-state index in [0.717, 1.165) is 12.8 Å². The molecule has 0 spiro atoms. The summed E-state index contributed by atoms with van der Waals surface area (Å²) in [7, 11) is 0. The van der Waals surface area contributed by atoms with Gasteiger partial charge in [0.05, 0.1) is 24.3 Å². The first kappa shape index (κ1) is 24.3. The summed E-state index contributed by atoms with van der Waals surface area (Å²) < 4.78 is 53.7. The van der Waals surface area contributed by atoms with E-state index >= 15 is 0 Å². The van der Waals surface area contributed by atoms with Crippen LogP contribution in [-0.4, -0.2) is 62.1 Å². The average molecular weight is 507 g/mol. The summed E-state index contributed by atoms with van der Waals surface area (Å²) in [6.07, 6.45) is -2.05. The second kappa shape index (κ2) is 8.74. The molecule has 1 saturated carbocycles. The predicted octanol–water partition coefficient (Wildman–Crippen LogP) is 1.56. The minimum absolute atomic E-state index is 0.0173. The number of aliphatic carboxylic acids is 1. The Morgan fingerprint density at radius 3 is 2.59 bits per heavy atom. The van der Waals surface area contributed by atoms with E-state index in [4.69, 9.17) is 32.0 Å². The number of rotatable bonds is 5. The number of alkyl halides is 3. The monoisotopic (exact) mass is 506 g/mol. The number of tetrazole rings is 1. The molecule has 1 aromatic heterocycles. The maximum absolute atomic E-state index is 14.5. The maximum Gasteiger partial charge on any atom is 0.490 e. The number of hydrogen-bond acceptors (Lipinski definition) is 7. The molecule has 10 nitrogen and oxygen atoms in total. The Morgan fingerprint density at radius 2 is 2.00 bits per heavy atom. The molecule has 4 N–H and O–H groups in total. The number of nitrogens with two attached hydrogens (primary N) is 1. The third-order valence-electron chi connectivity index (χ3n) is 6.38. The van der Waals surface area contributed by atoms with E-state index in [2.05, 4.69) is 20.8 Å². The second-order valence-corrected chi connectivity index (χ2v) is 8.72. The van der Waals surface area contributed by atoms with E-state index in [1.165, 1.54) is 16.8 Å². The number of carbonyl (C=O) groups excluding carboxylic acids is 1. The lowest BCUT2D eigenvalue weighted by atomic mass is 9.53. The number of halogens is 5. The molecule has 1 aliphatic carbocycles. The highest BCUT2D eigenvalue weighted by atomic mass is 35.5. The molecule has 2 saturated heterocycles. The first-order chi connectivity index (χ1) is 15.9. The van der Waals surface area contributed by atoms with Crippen LogP contribution in [0.5, 0.6) is 0 Å². The highest BCUT2D eigenvalue weighted by Gasteiger charge is 2.68. The van der Waals surface area contributed by atoms with Gasteiger partial charge in [0.15, 0.2) is 5.82 Å². The molecule has 1 unspecified atom stereocenters. The third kappa shape index (κ3) is 4.20. The summed E-state index contributed by atoms with van der Waals surface area (Å²) in [5.74, 6) is -2.80. The Balaban J connectivity index is 0.000000344. The van der Waals surface area contributed by atoms with Crippen molar-refractivity contribution >= 4 is 23.5 Å². The van der Waals surface area contributed by atoms with E-state index < -0.39 is 29.4 Å². The number of ether oxygens (including phenoxy) is 1. The van der Waals surface area contributed by atoms with Crippen molar-refractivity contribution in [2.45, 2.75) is 43.2 Å². The molecule has 1 amide bonds. The molecule has 2 bridgehead atoms. The van der Waals surface area contributed by atoms with Gasteiger partial charge < -0.3 is 15.6 Å². The molecular formula is C19H19ClF4N6O4. The Kier molecular flexibility index (Phi) is 6.25. The van der Waals surface area contributed by atoms with E-state index in [0.29, 0.717) is 18.2 Å². The van der Waals surface area contributed by atoms with Crippen LogP contribution in [0.1, 0.15) is 25.1 Å². The lowest BCUT2D eigenvalue weighted by molar-refractivity contribution is -0.192. The minimum atomic E-state index is -5.08. The SMILES string of the molecule is NC(=O)CNC1(c2nnnn2-c2ccc(Cl)cc2F)C[C@@H]2[C@H]1[C@H]1CC[C@@H]2O1.O=C(O)C(F)(F)F. The topological polar surface area (TPSA) is 145 Å².